The minimum atomic E-state index is 0. The average Bonchev–Trinajstić information content (AvgIpc) is 1.41. The van der Waals surface area contributed by atoms with Crippen molar-refractivity contribution in [3.05, 3.63) is 31.7 Å². The zero-order valence-electron chi connectivity index (χ0n) is 3.46. The standard InChI is InChI=1S/C5H7.Pt.H4Si/c1-3-5-4-2;;/h3-5H,1-2H2;;1H4/q-1;;. The van der Waals surface area contributed by atoms with Crippen LogP contribution in [0, 0.1) is 6.42 Å². The Kier molecular flexibility index (Phi) is 36.5. The van der Waals surface area contributed by atoms with Crippen LogP contribution in [0.4, 0.5) is 0 Å². The summed E-state index contributed by atoms with van der Waals surface area (Å²) in [6.45, 7) is 6.85. The molecule has 0 saturated heterocycles. The summed E-state index contributed by atoms with van der Waals surface area (Å²) >= 11 is 0. The molecule has 0 fully saturated rings. The summed E-state index contributed by atoms with van der Waals surface area (Å²) < 4.78 is 0. The second kappa shape index (κ2) is 16.3. The van der Waals surface area contributed by atoms with Gasteiger partial charge in [0, 0.05) is 21.1 Å². The van der Waals surface area contributed by atoms with Crippen LogP contribution in [0.1, 0.15) is 0 Å². The van der Waals surface area contributed by atoms with Crippen molar-refractivity contribution in [2.24, 2.45) is 0 Å². The predicted molar refractivity (Wildman–Crippen MR) is 36.0 cm³/mol. The molecule has 0 atom stereocenters. The van der Waals surface area contributed by atoms with E-state index in [0.717, 1.165) is 0 Å². The van der Waals surface area contributed by atoms with E-state index in [0.29, 0.717) is 0 Å². The molecular weight excluding hydrogens is 283 g/mol. The van der Waals surface area contributed by atoms with E-state index in [2.05, 4.69) is 13.2 Å². The van der Waals surface area contributed by atoms with Crippen LogP contribution in [0.25, 0.3) is 0 Å². The molecule has 0 aromatic rings. The predicted octanol–water partition coefficient (Wildman–Crippen LogP) is 0.109. The quantitative estimate of drug-likeness (QED) is 0.501. The van der Waals surface area contributed by atoms with Crippen molar-refractivity contribution >= 4 is 11.0 Å². The minimum absolute atomic E-state index is 0. The molecule has 0 aromatic heterocycles. The Morgan fingerprint density at radius 1 is 1.14 bits per heavy atom. The van der Waals surface area contributed by atoms with E-state index in [1.165, 1.54) is 0 Å². The van der Waals surface area contributed by atoms with E-state index in [-0.39, 0.29) is 32.0 Å². The van der Waals surface area contributed by atoms with Gasteiger partial charge in [-0.25, -0.2) is 0 Å². The Morgan fingerprint density at radius 3 is 1.43 bits per heavy atom. The fraction of sp³-hybridized carbons (Fsp3) is 0. The fourth-order valence-corrected chi connectivity index (χ4v) is 0.0962. The SMILES string of the molecule is C=C[CH-]C=C.[Pt].[SiH4]. The van der Waals surface area contributed by atoms with Gasteiger partial charge in [-0.1, -0.05) is 0 Å². The Bertz CT molecular complexity index is 37.3. The summed E-state index contributed by atoms with van der Waals surface area (Å²) in [5, 5.41) is 0. The zero-order valence-corrected chi connectivity index (χ0v) is 5.73. The van der Waals surface area contributed by atoms with E-state index in [9.17, 15) is 0 Å². The summed E-state index contributed by atoms with van der Waals surface area (Å²) in [6, 6.07) is 0. The molecule has 0 N–H and O–H groups in total. The van der Waals surface area contributed by atoms with E-state index >= 15 is 0 Å². The van der Waals surface area contributed by atoms with E-state index in [4.69, 9.17) is 0 Å². The van der Waals surface area contributed by atoms with Crippen LogP contribution in [-0.4, -0.2) is 11.0 Å². The maximum Gasteiger partial charge on any atom is 0 e. The van der Waals surface area contributed by atoms with Gasteiger partial charge in [0.25, 0.3) is 0 Å². The molecule has 46 valence electrons. The molecule has 7 heavy (non-hydrogen) atoms. The maximum absolute atomic E-state index is 3.42. The van der Waals surface area contributed by atoms with Crippen LogP contribution in [-0.2, 0) is 21.1 Å². The minimum Gasteiger partial charge on any atom is -0.194 e. The molecule has 0 aliphatic carbocycles. The van der Waals surface area contributed by atoms with Gasteiger partial charge in [0.05, 0.1) is 0 Å². The summed E-state index contributed by atoms with van der Waals surface area (Å²) in [5.41, 5.74) is 0. The largest absolute Gasteiger partial charge is 0.194 e. The monoisotopic (exact) mass is 294 g/mol. The van der Waals surface area contributed by atoms with E-state index in [1.54, 1.807) is 18.6 Å². The Hall–Kier alpha value is 0.255. The van der Waals surface area contributed by atoms with Crippen LogP contribution >= 0.6 is 0 Å². The average molecular weight is 294 g/mol. The molecule has 0 heterocycles. The first-order valence-corrected chi connectivity index (χ1v) is 1.48. The van der Waals surface area contributed by atoms with Gasteiger partial charge in [-0.05, 0) is 11.0 Å². The third-order valence-corrected chi connectivity index (χ3v) is 0.272. The van der Waals surface area contributed by atoms with Gasteiger partial charge < -0.3 is 0 Å². The van der Waals surface area contributed by atoms with E-state index < -0.39 is 0 Å². The molecule has 0 spiro atoms. The summed E-state index contributed by atoms with van der Waals surface area (Å²) in [4.78, 5) is 0. The van der Waals surface area contributed by atoms with Crippen LogP contribution in [0.5, 0.6) is 0 Å². The van der Waals surface area contributed by atoms with Crippen molar-refractivity contribution in [3.8, 4) is 0 Å². The number of rotatable bonds is 2. The Labute approximate surface area is 64.0 Å². The molecule has 2 heteroatoms. The van der Waals surface area contributed by atoms with Crippen molar-refractivity contribution < 1.29 is 21.1 Å². The molecular formula is C5H11PtSi-. The number of hydrogen-bond acceptors (Lipinski definition) is 0. The Balaban J connectivity index is -0.0000000800. The van der Waals surface area contributed by atoms with Crippen molar-refractivity contribution in [3.63, 3.8) is 0 Å². The van der Waals surface area contributed by atoms with Crippen molar-refractivity contribution in [1.82, 2.24) is 0 Å². The zero-order chi connectivity index (χ0) is 4.12. The molecule has 0 unspecified atom stereocenters. The van der Waals surface area contributed by atoms with Crippen LogP contribution in [0.2, 0.25) is 0 Å². The van der Waals surface area contributed by atoms with Gasteiger partial charge >= 0.3 is 0 Å². The van der Waals surface area contributed by atoms with Crippen molar-refractivity contribution in [1.29, 1.82) is 0 Å². The van der Waals surface area contributed by atoms with E-state index in [1.807, 2.05) is 0 Å². The first kappa shape index (κ1) is 15.7. The molecule has 0 bridgehead atoms. The maximum atomic E-state index is 3.42. The van der Waals surface area contributed by atoms with Gasteiger partial charge in [0.2, 0.25) is 0 Å². The molecule has 0 saturated carbocycles. The fourth-order valence-electron chi connectivity index (χ4n) is 0.0962. The summed E-state index contributed by atoms with van der Waals surface area (Å²) in [7, 11) is 0. The molecule has 0 nitrogen and oxygen atoms in total. The molecule has 0 radical (unpaired) electrons. The number of allylic oxidation sites excluding steroid dienone is 2. The molecule has 0 aromatic carbocycles. The third kappa shape index (κ3) is 22.3. The van der Waals surface area contributed by atoms with Gasteiger partial charge in [-0.15, -0.1) is 0 Å². The van der Waals surface area contributed by atoms with Crippen molar-refractivity contribution in [2.75, 3.05) is 0 Å². The van der Waals surface area contributed by atoms with Gasteiger partial charge in [-0.2, -0.15) is 31.7 Å². The van der Waals surface area contributed by atoms with Crippen LogP contribution in [0.15, 0.2) is 25.3 Å². The van der Waals surface area contributed by atoms with Crippen LogP contribution in [0.3, 0.4) is 0 Å². The molecule has 0 amide bonds. The molecule has 0 aliphatic rings. The summed E-state index contributed by atoms with van der Waals surface area (Å²) in [6.07, 6.45) is 5.15. The molecule has 0 rings (SSSR count). The normalized spacial score (nSPS) is 4.00. The first-order chi connectivity index (χ1) is 2.41. The smallest absolute Gasteiger partial charge is 0 e. The summed E-state index contributed by atoms with van der Waals surface area (Å²) in [5.74, 6) is 0. The van der Waals surface area contributed by atoms with Crippen LogP contribution < -0.4 is 0 Å². The second-order valence-electron chi connectivity index (χ2n) is 0.664. The van der Waals surface area contributed by atoms with Crippen molar-refractivity contribution in [2.45, 2.75) is 0 Å². The Morgan fingerprint density at radius 2 is 1.43 bits per heavy atom. The van der Waals surface area contributed by atoms with Gasteiger partial charge in [0.15, 0.2) is 0 Å². The first-order valence-electron chi connectivity index (χ1n) is 1.48. The molecule has 0 aliphatic heterocycles. The number of hydrogen-bond donors (Lipinski definition) is 0. The third-order valence-electron chi connectivity index (χ3n) is 0.272. The van der Waals surface area contributed by atoms with Gasteiger partial charge in [0.1, 0.15) is 0 Å². The second-order valence-corrected chi connectivity index (χ2v) is 0.664. The topological polar surface area (TPSA) is 0 Å². The van der Waals surface area contributed by atoms with Gasteiger partial charge in [-0.3, -0.25) is 0 Å².